The molecule has 0 saturated heterocycles. The van der Waals surface area contributed by atoms with Crippen molar-refractivity contribution in [1.82, 2.24) is 4.98 Å². The summed E-state index contributed by atoms with van der Waals surface area (Å²) in [7, 11) is 0. The van der Waals surface area contributed by atoms with Crippen molar-refractivity contribution in [3.8, 4) is 6.07 Å². The highest BCUT2D eigenvalue weighted by Gasteiger charge is 2.04. The Labute approximate surface area is 104 Å². The Balaban J connectivity index is 2.11. The normalized spacial score (nSPS) is 10.2. The average molecular weight is 243 g/mol. The van der Waals surface area contributed by atoms with E-state index >= 15 is 0 Å². The van der Waals surface area contributed by atoms with Crippen molar-refractivity contribution in [3.05, 3.63) is 30.0 Å². The van der Waals surface area contributed by atoms with Crippen LogP contribution in [0.15, 0.2) is 24.3 Å². The fourth-order valence-corrected chi connectivity index (χ4v) is 1.83. The number of nitriles is 1. The van der Waals surface area contributed by atoms with Gasteiger partial charge in [-0.1, -0.05) is 6.07 Å². The Hall–Kier alpha value is -2.48. The first-order valence-corrected chi connectivity index (χ1v) is 5.68. The fourth-order valence-electron chi connectivity index (χ4n) is 1.83. The number of carboxylic acid groups (broad SMARTS) is 1. The number of nitrogens with one attached hydrogen (secondary N) is 2. The maximum Gasteiger partial charge on any atom is 0.303 e. The molecule has 0 aliphatic rings. The van der Waals surface area contributed by atoms with E-state index in [1.807, 2.05) is 18.2 Å². The van der Waals surface area contributed by atoms with Crippen molar-refractivity contribution in [2.75, 3.05) is 11.9 Å². The number of aromatic amines is 1. The summed E-state index contributed by atoms with van der Waals surface area (Å²) >= 11 is 0. The summed E-state index contributed by atoms with van der Waals surface area (Å²) in [5.74, 6) is -0.789. The van der Waals surface area contributed by atoms with E-state index in [-0.39, 0.29) is 6.42 Å². The first-order chi connectivity index (χ1) is 8.70. The topological polar surface area (TPSA) is 88.9 Å². The highest BCUT2D eigenvalue weighted by molar-refractivity contribution is 5.93. The second kappa shape index (κ2) is 5.23. The molecule has 3 N–H and O–H groups in total. The number of hydrogen-bond acceptors (Lipinski definition) is 3. The van der Waals surface area contributed by atoms with E-state index in [1.165, 1.54) is 0 Å². The Bertz CT molecular complexity index is 610. The molecule has 0 saturated carbocycles. The molecule has 5 nitrogen and oxygen atoms in total. The lowest BCUT2D eigenvalue weighted by atomic mass is 10.2. The largest absolute Gasteiger partial charge is 0.481 e. The van der Waals surface area contributed by atoms with Crippen LogP contribution in [0.1, 0.15) is 18.5 Å². The smallest absolute Gasteiger partial charge is 0.303 e. The van der Waals surface area contributed by atoms with E-state index in [1.54, 1.807) is 6.07 Å². The van der Waals surface area contributed by atoms with Crippen molar-refractivity contribution in [2.45, 2.75) is 12.8 Å². The van der Waals surface area contributed by atoms with Crippen LogP contribution in [0, 0.1) is 11.3 Å². The van der Waals surface area contributed by atoms with Crippen molar-refractivity contribution < 1.29 is 9.90 Å². The van der Waals surface area contributed by atoms with Gasteiger partial charge in [0.15, 0.2) is 0 Å². The van der Waals surface area contributed by atoms with Crippen LogP contribution in [0.3, 0.4) is 0 Å². The number of hydrogen-bond donors (Lipinski definition) is 3. The van der Waals surface area contributed by atoms with Gasteiger partial charge in [0.25, 0.3) is 0 Å². The number of carbonyl (C=O) groups is 1. The molecule has 0 aliphatic heterocycles. The first-order valence-electron chi connectivity index (χ1n) is 5.68. The van der Waals surface area contributed by atoms with Crippen LogP contribution in [0.5, 0.6) is 0 Å². The Morgan fingerprint density at radius 1 is 1.50 bits per heavy atom. The van der Waals surface area contributed by atoms with Crippen molar-refractivity contribution in [2.24, 2.45) is 0 Å². The molecule has 0 atom stereocenters. The zero-order valence-electron chi connectivity index (χ0n) is 9.73. The molecule has 2 rings (SSSR count). The number of nitrogens with zero attached hydrogens (tertiary/aromatic N) is 1. The molecule has 1 heterocycles. The summed E-state index contributed by atoms with van der Waals surface area (Å²) in [4.78, 5) is 13.4. The molecule has 0 spiro atoms. The zero-order valence-corrected chi connectivity index (χ0v) is 9.73. The maximum absolute atomic E-state index is 10.4. The van der Waals surface area contributed by atoms with Crippen LogP contribution in [0.2, 0.25) is 0 Å². The molecule has 0 aliphatic carbocycles. The monoisotopic (exact) mass is 243 g/mol. The van der Waals surface area contributed by atoms with Crippen LogP contribution in [0.4, 0.5) is 5.69 Å². The van der Waals surface area contributed by atoms with Gasteiger partial charge in [0.05, 0.1) is 0 Å². The Morgan fingerprint density at radius 2 is 2.33 bits per heavy atom. The van der Waals surface area contributed by atoms with Gasteiger partial charge in [-0.05, 0) is 24.6 Å². The Kier molecular flexibility index (Phi) is 3.49. The molecule has 0 radical (unpaired) electrons. The number of H-pyrrole nitrogens is 1. The fraction of sp³-hybridized carbons (Fsp3) is 0.231. The second-order valence-electron chi connectivity index (χ2n) is 3.99. The Morgan fingerprint density at radius 3 is 3.06 bits per heavy atom. The van der Waals surface area contributed by atoms with Crippen LogP contribution in [0.25, 0.3) is 10.9 Å². The molecule has 2 aromatic rings. The van der Waals surface area contributed by atoms with E-state index < -0.39 is 5.97 Å². The number of aromatic nitrogens is 1. The van der Waals surface area contributed by atoms with Gasteiger partial charge in [0.1, 0.15) is 11.8 Å². The van der Waals surface area contributed by atoms with E-state index in [2.05, 4.69) is 16.4 Å². The predicted molar refractivity (Wildman–Crippen MR) is 68.4 cm³/mol. The van der Waals surface area contributed by atoms with Crippen LogP contribution < -0.4 is 5.32 Å². The van der Waals surface area contributed by atoms with E-state index in [9.17, 15) is 4.79 Å². The van der Waals surface area contributed by atoms with Crippen molar-refractivity contribution in [1.29, 1.82) is 5.26 Å². The van der Waals surface area contributed by atoms with Gasteiger partial charge in [-0.3, -0.25) is 4.79 Å². The molecule has 0 bridgehead atoms. The minimum atomic E-state index is -0.789. The summed E-state index contributed by atoms with van der Waals surface area (Å²) in [6.07, 6.45) is 0.723. The summed E-state index contributed by atoms with van der Waals surface area (Å²) in [5.41, 5.74) is 2.33. The number of carboxylic acids is 1. The lowest BCUT2D eigenvalue weighted by Crippen LogP contribution is -2.04. The molecule has 0 amide bonds. The molecule has 1 aromatic carbocycles. The van der Waals surface area contributed by atoms with Crippen LogP contribution in [-0.4, -0.2) is 22.6 Å². The second-order valence-corrected chi connectivity index (χ2v) is 3.99. The number of aliphatic carboxylic acids is 1. The van der Waals surface area contributed by atoms with Gasteiger partial charge < -0.3 is 15.4 Å². The van der Waals surface area contributed by atoms with Crippen LogP contribution >= 0.6 is 0 Å². The summed E-state index contributed by atoms with van der Waals surface area (Å²) in [6, 6.07) is 9.56. The maximum atomic E-state index is 10.4. The highest BCUT2D eigenvalue weighted by atomic mass is 16.4. The molecule has 92 valence electrons. The minimum Gasteiger partial charge on any atom is -0.481 e. The summed E-state index contributed by atoms with van der Waals surface area (Å²) in [6.45, 7) is 0.596. The van der Waals surface area contributed by atoms with Gasteiger partial charge in [-0.15, -0.1) is 0 Å². The van der Waals surface area contributed by atoms with Gasteiger partial charge in [0.2, 0.25) is 0 Å². The lowest BCUT2D eigenvalue weighted by Gasteiger charge is -2.06. The van der Waals surface area contributed by atoms with E-state index in [0.29, 0.717) is 18.7 Å². The third-order valence-corrected chi connectivity index (χ3v) is 2.67. The standard InChI is InChI=1S/C13H13N3O2/c14-8-9-7-10-11(3-1-4-12(10)16-9)15-6-2-5-13(17)18/h1,3-4,7,15-16H,2,5-6H2,(H,17,18). The van der Waals surface area contributed by atoms with E-state index in [0.717, 1.165) is 16.6 Å². The van der Waals surface area contributed by atoms with Gasteiger partial charge in [-0.25, -0.2) is 0 Å². The molecular formula is C13H13N3O2. The SMILES string of the molecule is N#Cc1cc2c(NCCCC(=O)O)cccc2[nH]1. The molecular weight excluding hydrogens is 230 g/mol. The minimum absolute atomic E-state index is 0.152. The third kappa shape index (κ3) is 2.61. The molecule has 5 heteroatoms. The highest BCUT2D eigenvalue weighted by Crippen LogP contribution is 2.23. The van der Waals surface area contributed by atoms with Crippen molar-refractivity contribution >= 4 is 22.6 Å². The molecule has 0 unspecified atom stereocenters. The number of fused-ring (bicyclic) bond motifs is 1. The summed E-state index contributed by atoms with van der Waals surface area (Å²) in [5, 5.41) is 21.5. The third-order valence-electron chi connectivity index (χ3n) is 2.67. The molecule has 0 fully saturated rings. The lowest BCUT2D eigenvalue weighted by molar-refractivity contribution is -0.137. The quantitative estimate of drug-likeness (QED) is 0.703. The molecule has 18 heavy (non-hydrogen) atoms. The predicted octanol–water partition coefficient (Wildman–Crippen LogP) is 2.32. The van der Waals surface area contributed by atoms with Crippen LogP contribution in [-0.2, 0) is 4.79 Å². The van der Waals surface area contributed by atoms with E-state index in [4.69, 9.17) is 10.4 Å². The number of rotatable bonds is 5. The van der Waals surface area contributed by atoms with Gasteiger partial charge >= 0.3 is 5.97 Å². The number of benzene rings is 1. The first kappa shape index (κ1) is 12.0. The van der Waals surface area contributed by atoms with Gasteiger partial charge in [-0.2, -0.15) is 5.26 Å². The zero-order chi connectivity index (χ0) is 13.0. The van der Waals surface area contributed by atoms with Gasteiger partial charge in [0, 0.05) is 29.6 Å². The average Bonchev–Trinajstić information content (AvgIpc) is 2.78. The van der Waals surface area contributed by atoms with Crippen molar-refractivity contribution in [3.63, 3.8) is 0 Å². The summed E-state index contributed by atoms with van der Waals surface area (Å²) < 4.78 is 0. The number of anilines is 1. The molecule has 1 aromatic heterocycles.